The molecule has 0 radical (unpaired) electrons. The van der Waals surface area contributed by atoms with Crippen LogP contribution in [0, 0.1) is 0 Å². The van der Waals surface area contributed by atoms with Crippen molar-refractivity contribution in [3.63, 3.8) is 0 Å². The molecular weight excluding hydrogens is 222 g/mol. The van der Waals surface area contributed by atoms with Crippen LogP contribution >= 0.6 is 0 Å². The zero-order chi connectivity index (χ0) is 12.2. The van der Waals surface area contributed by atoms with Gasteiger partial charge in [0.05, 0.1) is 6.54 Å². The maximum Gasteiger partial charge on any atom is 0.131 e. The van der Waals surface area contributed by atoms with Gasteiger partial charge < -0.3 is 4.90 Å². The molecule has 3 rings (SSSR count). The summed E-state index contributed by atoms with van der Waals surface area (Å²) < 4.78 is 0. The third kappa shape index (κ3) is 2.25. The topological polar surface area (TPSA) is 28.5 Å². The molecule has 0 bridgehead atoms. The van der Waals surface area contributed by atoms with Crippen LogP contribution < -0.4 is 0 Å². The fourth-order valence-corrected chi connectivity index (χ4v) is 2.21. The van der Waals surface area contributed by atoms with E-state index >= 15 is 0 Å². The molecule has 0 saturated carbocycles. The minimum atomic E-state index is 0.877. The molecule has 90 valence electrons. The number of amidine groups is 1. The Labute approximate surface area is 107 Å². The molecule has 0 aliphatic carbocycles. The average Bonchev–Trinajstić information content (AvgIpc) is 2.89. The largest absolute Gasteiger partial charge is 0.350 e. The summed E-state index contributed by atoms with van der Waals surface area (Å²) in [6, 6.07) is 14.4. The highest BCUT2D eigenvalue weighted by atomic mass is 15.2. The zero-order valence-corrected chi connectivity index (χ0v) is 10.2. The number of pyridine rings is 1. The van der Waals surface area contributed by atoms with Gasteiger partial charge in [0.15, 0.2) is 0 Å². The van der Waals surface area contributed by atoms with Crippen LogP contribution in [0.1, 0.15) is 11.1 Å². The summed E-state index contributed by atoms with van der Waals surface area (Å²) in [5, 5.41) is 0. The van der Waals surface area contributed by atoms with E-state index in [0.717, 1.165) is 25.5 Å². The van der Waals surface area contributed by atoms with E-state index in [1.165, 1.54) is 11.1 Å². The van der Waals surface area contributed by atoms with Gasteiger partial charge in [-0.15, -0.1) is 0 Å². The highest BCUT2D eigenvalue weighted by Gasteiger charge is 2.18. The molecule has 0 amide bonds. The lowest BCUT2D eigenvalue weighted by Gasteiger charge is -2.20. The van der Waals surface area contributed by atoms with Crippen molar-refractivity contribution < 1.29 is 0 Å². The van der Waals surface area contributed by atoms with Gasteiger partial charge in [0.2, 0.25) is 0 Å². The van der Waals surface area contributed by atoms with Crippen molar-refractivity contribution in [1.82, 2.24) is 9.88 Å². The molecule has 2 aromatic rings. The van der Waals surface area contributed by atoms with Crippen LogP contribution in [-0.2, 0) is 6.54 Å². The molecule has 0 saturated heterocycles. The van der Waals surface area contributed by atoms with Gasteiger partial charge in [-0.1, -0.05) is 36.4 Å². The van der Waals surface area contributed by atoms with Crippen molar-refractivity contribution in [2.45, 2.75) is 6.54 Å². The predicted octanol–water partition coefficient (Wildman–Crippen LogP) is 2.34. The van der Waals surface area contributed by atoms with Crippen molar-refractivity contribution in [2.75, 3.05) is 13.1 Å². The Kier molecular flexibility index (Phi) is 3.05. The Bertz CT molecular complexity index is 534. The normalized spacial score (nSPS) is 14.7. The first-order chi connectivity index (χ1) is 8.93. The van der Waals surface area contributed by atoms with Crippen molar-refractivity contribution in [3.05, 3.63) is 66.0 Å². The standard InChI is InChI=1S/C15H15N3/c1-2-6-14(7-3-1)15-17-9-10-18(15)12-13-5-4-8-16-11-13/h1-8,11H,9-10,12H2. The Hall–Kier alpha value is -2.16. The number of nitrogens with zero attached hydrogens (tertiary/aromatic N) is 3. The highest BCUT2D eigenvalue weighted by molar-refractivity contribution is 5.99. The number of aliphatic imine (C=N–C) groups is 1. The van der Waals surface area contributed by atoms with Crippen LogP contribution in [0.2, 0.25) is 0 Å². The second-order valence-electron chi connectivity index (χ2n) is 4.35. The molecule has 3 nitrogen and oxygen atoms in total. The molecule has 2 heterocycles. The number of hydrogen-bond acceptors (Lipinski definition) is 3. The third-order valence-corrected chi connectivity index (χ3v) is 3.06. The SMILES string of the molecule is c1ccc(C2=NCCN2Cc2cccnc2)cc1. The summed E-state index contributed by atoms with van der Waals surface area (Å²) in [6.07, 6.45) is 3.72. The van der Waals surface area contributed by atoms with Gasteiger partial charge in [0, 0.05) is 31.0 Å². The molecular formula is C15H15N3. The third-order valence-electron chi connectivity index (χ3n) is 3.06. The van der Waals surface area contributed by atoms with E-state index in [2.05, 4.69) is 45.2 Å². The van der Waals surface area contributed by atoms with E-state index in [0.29, 0.717) is 0 Å². The zero-order valence-electron chi connectivity index (χ0n) is 10.2. The highest BCUT2D eigenvalue weighted by Crippen LogP contribution is 2.14. The minimum Gasteiger partial charge on any atom is -0.350 e. The van der Waals surface area contributed by atoms with Crippen molar-refractivity contribution in [1.29, 1.82) is 0 Å². The lowest BCUT2D eigenvalue weighted by Crippen LogP contribution is -2.27. The van der Waals surface area contributed by atoms with Gasteiger partial charge in [-0.3, -0.25) is 9.98 Å². The molecule has 3 heteroatoms. The van der Waals surface area contributed by atoms with Gasteiger partial charge in [-0.25, -0.2) is 0 Å². The van der Waals surface area contributed by atoms with Crippen LogP contribution in [0.25, 0.3) is 0 Å². The second kappa shape index (κ2) is 5.00. The number of hydrogen-bond donors (Lipinski definition) is 0. The molecule has 1 aliphatic heterocycles. The van der Waals surface area contributed by atoms with Gasteiger partial charge in [0.1, 0.15) is 5.84 Å². The van der Waals surface area contributed by atoms with Crippen LogP contribution in [0.5, 0.6) is 0 Å². The van der Waals surface area contributed by atoms with Gasteiger partial charge in [0.25, 0.3) is 0 Å². The van der Waals surface area contributed by atoms with Crippen LogP contribution in [0.4, 0.5) is 0 Å². The Balaban J connectivity index is 1.80. The summed E-state index contributed by atoms with van der Waals surface area (Å²) in [6.45, 7) is 2.74. The number of rotatable bonds is 3. The summed E-state index contributed by atoms with van der Waals surface area (Å²) in [5.74, 6) is 1.10. The first kappa shape index (κ1) is 11.0. The van der Waals surface area contributed by atoms with Gasteiger partial charge in [-0.05, 0) is 11.6 Å². The molecule has 18 heavy (non-hydrogen) atoms. The lowest BCUT2D eigenvalue weighted by atomic mass is 10.2. The molecule has 0 atom stereocenters. The number of aromatic nitrogens is 1. The molecule has 0 N–H and O–H groups in total. The Morgan fingerprint density at radius 2 is 1.94 bits per heavy atom. The first-order valence-electron chi connectivity index (χ1n) is 6.17. The maximum absolute atomic E-state index is 4.61. The summed E-state index contributed by atoms with van der Waals surface area (Å²) in [4.78, 5) is 11.1. The molecule has 0 spiro atoms. The second-order valence-corrected chi connectivity index (χ2v) is 4.35. The van der Waals surface area contributed by atoms with Crippen molar-refractivity contribution in [3.8, 4) is 0 Å². The van der Waals surface area contributed by atoms with Crippen molar-refractivity contribution >= 4 is 5.84 Å². The summed E-state index contributed by atoms with van der Waals surface area (Å²) in [5.41, 5.74) is 2.42. The first-order valence-corrected chi connectivity index (χ1v) is 6.17. The molecule has 1 aromatic carbocycles. The molecule has 1 aromatic heterocycles. The Morgan fingerprint density at radius 1 is 1.06 bits per heavy atom. The van der Waals surface area contributed by atoms with E-state index in [9.17, 15) is 0 Å². The monoisotopic (exact) mass is 237 g/mol. The fourth-order valence-electron chi connectivity index (χ4n) is 2.21. The molecule has 0 fully saturated rings. The molecule has 0 unspecified atom stereocenters. The Morgan fingerprint density at radius 3 is 2.72 bits per heavy atom. The van der Waals surface area contributed by atoms with Gasteiger partial charge in [-0.2, -0.15) is 0 Å². The van der Waals surface area contributed by atoms with Crippen LogP contribution in [0.15, 0.2) is 59.9 Å². The van der Waals surface area contributed by atoms with E-state index in [1.807, 2.05) is 18.3 Å². The lowest BCUT2D eigenvalue weighted by molar-refractivity contribution is 0.452. The van der Waals surface area contributed by atoms with Crippen molar-refractivity contribution in [2.24, 2.45) is 4.99 Å². The van der Waals surface area contributed by atoms with E-state index in [-0.39, 0.29) is 0 Å². The van der Waals surface area contributed by atoms with E-state index < -0.39 is 0 Å². The predicted molar refractivity (Wildman–Crippen MR) is 72.5 cm³/mol. The van der Waals surface area contributed by atoms with Crippen LogP contribution in [0.3, 0.4) is 0 Å². The summed E-state index contributed by atoms with van der Waals surface area (Å²) >= 11 is 0. The summed E-state index contributed by atoms with van der Waals surface area (Å²) in [7, 11) is 0. The fraction of sp³-hybridized carbons (Fsp3) is 0.200. The average molecular weight is 237 g/mol. The van der Waals surface area contributed by atoms with E-state index in [4.69, 9.17) is 0 Å². The number of benzene rings is 1. The maximum atomic E-state index is 4.61. The van der Waals surface area contributed by atoms with E-state index in [1.54, 1.807) is 6.20 Å². The smallest absolute Gasteiger partial charge is 0.131 e. The van der Waals surface area contributed by atoms with Crippen LogP contribution in [-0.4, -0.2) is 28.8 Å². The quantitative estimate of drug-likeness (QED) is 0.819. The molecule has 1 aliphatic rings. The minimum absolute atomic E-state index is 0.877. The van der Waals surface area contributed by atoms with Gasteiger partial charge >= 0.3 is 0 Å².